The number of nitrogens with one attached hydrogen (secondary N) is 1. The summed E-state index contributed by atoms with van der Waals surface area (Å²) >= 11 is 0. The number of hydrogen-bond donors (Lipinski definition) is 1. The first kappa shape index (κ1) is 19.3. The number of anilines is 1. The lowest BCUT2D eigenvalue weighted by molar-refractivity contribution is -0.116. The van der Waals surface area contributed by atoms with Crippen molar-refractivity contribution in [3.63, 3.8) is 0 Å². The zero-order valence-electron chi connectivity index (χ0n) is 15.2. The van der Waals surface area contributed by atoms with Crippen LogP contribution < -0.4 is 10.9 Å². The molecule has 1 fully saturated rings. The average Bonchev–Trinajstić information content (AvgIpc) is 2.66. The van der Waals surface area contributed by atoms with Gasteiger partial charge in [-0.15, -0.1) is 0 Å². The van der Waals surface area contributed by atoms with Gasteiger partial charge in [0.1, 0.15) is 6.54 Å². The monoisotopic (exact) mass is 389 g/mol. The molecule has 2 aromatic rings. The van der Waals surface area contributed by atoms with Gasteiger partial charge in [-0.2, -0.15) is 4.31 Å². The normalized spacial score (nSPS) is 15.4. The predicted octanol–water partition coefficient (Wildman–Crippen LogP) is 1.97. The van der Waals surface area contributed by atoms with Crippen molar-refractivity contribution < 1.29 is 13.2 Å². The minimum atomic E-state index is -3.59. The molecule has 1 aliphatic rings. The first-order valence-corrected chi connectivity index (χ1v) is 10.4. The third kappa shape index (κ3) is 4.45. The molecule has 1 aromatic carbocycles. The van der Waals surface area contributed by atoms with Crippen LogP contribution >= 0.6 is 0 Å². The number of sulfonamides is 1. The fraction of sp³-hybridized carbons (Fsp3) is 0.368. The Balaban J connectivity index is 1.80. The highest BCUT2D eigenvalue weighted by atomic mass is 32.2. The summed E-state index contributed by atoms with van der Waals surface area (Å²) in [7, 11) is -3.59. The highest BCUT2D eigenvalue weighted by Crippen LogP contribution is 2.26. The summed E-state index contributed by atoms with van der Waals surface area (Å²) in [5.41, 5.74) is 0.757. The maximum Gasteiger partial charge on any atom is 0.250 e. The van der Waals surface area contributed by atoms with Gasteiger partial charge in [-0.25, -0.2) is 8.42 Å². The molecule has 7 nitrogen and oxygen atoms in total. The van der Waals surface area contributed by atoms with Gasteiger partial charge in [0.2, 0.25) is 15.9 Å². The molecule has 0 atom stereocenters. The number of benzene rings is 1. The number of nitrogens with zero attached hydrogens (tertiary/aromatic N) is 2. The lowest BCUT2D eigenvalue weighted by atomic mass is 10.2. The Bertz CT molecular complexity index is 992. The Kier molecular flexibility index (Phi) is 5.76. The molecule has 1 aromatic heterocycles. The lowest BCUT2D eigenvalue weighted by Crippen LogP contribution is -2.36. The number of carbonyl (C=O) groups is 1. The predicted molar refractivity (Wildman–Crippen MR) is 103 cm³/mol. The molecule has 1 aliphatic heterocycles. The summed E-state index contributed by atoms with van der Waals surface area (Å²) in [6.45, 7) is 2.65. The van der Waals surface area contributed by atoms with Gasteiger partial charge >= 0.3 is 0 Å². The van der Waals surface area contributed by atoms with Gasteiger partial charge in [0, 0.05) is 31.0 Å². The molecule has 144 valence electrons. The van der Waals surface area contributed by atoms with Crippen LogP contribution in [-0.4, -0.2) is 36.3 Å². The number of rotatable bonds is 5. The van der Waals surface area contributed by atoms with E-state index in [4.69, 9.17) is 0 Å². The summed E-state index contributed by atoms with van der Waals surface area (Å²) in [6, 6.07) is 9.49. The molecule has 1 amide bonds. The molecule has 2 heterocycles. The van der Waals surface area contributed by atoms with E-state index in [1.165, 1.54) is 27.2 Å². The number of piperidine rings is 1. The Morgan fingerprint density at radius 3 is 2.56 bits per heavy atom. The van der Waals surface area contributed by atoms with Crippen molar-refractivity contribution in [3.05, 3.63) is 58.5 Å². The Morgan fingerprint density at radius 1 is 1.11 bits per heavy atom. The molecule has 27 heavy (non-hydrogen) atoms. The van der Waals surface area contributed by atoms with Crippen LogP contribution in [0.2, 0.25) is 0 Å². The summed E-state index contributed by atoms with van der Waals surface area (Å²) in [6.07, 6.45) is 4.30. The maximum absolute atomic E-state index is 12.9. The zero-order valence-corrected chi connectivity index (χ0v) is 16.0. The first-order chi connectivity index (χ1) is 12.9. The average molecular weight is 389 g/mol. The van der Waals surface area contributed by atoms with E-state index in [1.807, 2.05) is 0 Å². The molecule has 0 bridgehead atoms. The summed E-state index contributed by atoms with van der Waals surface area (Å²) < 4.78 is 28.7. The smallest absolute Gasteiger partial charge is 0.250 e. The van der Waals surface area contributed by atoms with E-state index >= 15 is 0 Å². The van der Waals surface area contributed by atoms with Crippen LogP contribution in [0.4, 0.5) is 5.69 Å². The van der Waals surface area contributed by atoms with Gasteiger partial charge < -0.3 is 9.88 Å². The maximum atomic E-state index is 12.9. The van der Waals surface area contributed by atoms with E-state index in [2.05, 4.69) is 5.32 Å². The molecule has 0 unspecified atom stereocenters. The molecule has 0 saturated carbocycles. The Labute approximate surface area is 158 Å². The second-order valence-corrected chi connectivity index (χ2v) is 8.57. The molecule has 3 rings (SSSR count). The molecule has 1 saturated heterocycles. The fourth-order valence-corrected chi connectivity index (χ4v) is 4.91. The van der Waals surface area contributed by atoms with Gasteiger partial charge in [0.05, 0.1) is 4.90 Å². The van der Waals surface area contributed by atoms with E-state index in [1.54, 1.807) is 31.2 Å². The lowest BCUT2D eigenvalue weighted by Gasteiger charge is -2.26. The van der Waals surface area contributed by atoms with Crippen molar-refractivity contribution in [2.45, 2.75) is 37.6 Å². The number of amides is 1. The van der Waals surface area contributed by atoms with Crippen LogP contribution in [0.25, 0.3) is 0 Å². The van der Waals surface area contributed by atoms with E-state index in [9.17, 15) is 18.0 Å². The van der Waals surface area contributed by atoms with Crippen LogP contribution in [0.5, 0.6) is 0 Å². The van der Waals surface area contributed by atoms with Crippen molar-refractivity contribution in [1.29, 1.82) is 0 Å². The van der Waals surface area contributed by atoms with Gasteiger partial charge in [-0.3, -0.25) is 9.59 Å². The van der Waals surface area contributed by atoms with E-state index in [0.29, 0.717) is 24.3 Å². The van der Waals surface area contributed by atoms with E-state index in [0.717, 1.165) is 19.3 Å². The third-order valence-corrected chi connectivity index (χ3v) is 6.66. The van der Waals surface area contributed by atoms with Crippen LogP contribution in [0.3, 0.4) is 0 Å². The largest absolute Gasteiger partial charge is 0.324 e. The molecule has 0 aliphatic carbocycles. The molecule has 0 radical (unpaired) electrons. The van der Waals surface area contributed by atoms with Crippen molar-refractivity contribution >= 4 is 21.6 Å². The van der Waals surface area contributed by atoms with Crippen molar-refractivity contribution in [1.82, 2.24) is 8.87 Å². The topological polar surface area (TPSA) is 88.5 Å². The number of carbonyl (C=O) groups excluding carboxylic acids is 1. The minimum absolute atomic E-state index is 0.137. The van der Waals surface area contributed by atoms with E-state index in [-0.39, 0.29) is 17.0 Å². The number of aromatic nitrogens is 1. The number of hydrogen-bond acceptors (Lipinski definition) is 4. The summed E-state index contributed by atoms with van der Waals surface area (Å²) in [5.74, 6) is -0.395. The first-order valence-electron chi connectivity index (χ1n) is 8.94. The van der Waals surface area contributed by atoms with Gasteiger partial charge in [0.25, 0.3) is 5.56 Å². The Hall–Kier alpha value is -2.45. The van der Waals surface area contributed by atoms with Crippen molar-refractivity contribution in [3.8, 4) is 0 Å². The Morgan fingerprint density at radius 2 is 1.85 bits per heavy atom. The van der Waals surface area contributed by atoms with Crippen LogP contribution in [0, 0.1) is 6.92 Å². The summed E-state index contributed by atoms with van der Waals surface area (Å²) in [4.78, 5) is 24.2. The van der Waals surface area contributed by atoms with E-state index < -0.39 is 15.9 Å². The van der Waals surface area contributed by atoms with Crippen LogP contribution in [-0.2, 0) is 21.4 Å². The standard InChI is InChI=1S/C19H23N3O4S/c1-15-8-9-16(20-18(23)14-21-10-6-3-7-19(21)24)13-17(15)27(25,26)22-11-4-2-5-12-22/h3,6-10,13H,2,4-5,11-12,14H2,1H3,(H,20,23). The van der Waals surface area contributed by atoms with Gasteiger partial charge in [-0.1, -0.05) is 18.6 Å². The SMILES string of the molecule is Cc1ccc(NC(=O)Cn2ccccc2=O)cc1S(=O)(=O)N1CCCCC1. The molecular formula is C19H23N3O4S. The number of aryl methyl sites for hydroxylation is 1. The minimum Gasteiger partial charge on any atom is -0.324 e. The number of pyridine rings is 1. The molecule has 0 spiro atoms. The third-order valence-electron chi connectivity index (χ3n) is 4.62. The highest BCUT2D eigenvalue weighted by Gasteiger charge is 2.27. The second kappa shape index (κ2) is 8.06. The van der Waals surface area contributed by atoms with Crippen LogP contribution in [0.1, 0.15) is 24.8 Å². The van der Waals surface area contributed by atoms with Gasteiger partial charge in [0.15, 0.2) is 0 Å². The van der Waals surface area contributed by atoms with Gasteiger partial charge in [-0.05, 0) is 43.5 Å². The summed E-state index contributed by atoms with van der Waals surface area (Å²) in [5, 5.41) is 2.68. The van der Waals surface area contributed by atoms with Crippen molar-refractivity contribution in [2.24, 2.45) is 0 Å². The highest BCUT2D eigenvalue weighted by molar-refractivity contribution is 7.89. The molecular weight excluding hydrogens is 366 g/mol. The van der Waals surface area contributed by atoms with Crippen LogP contribution in [0.15, 0.2) is 52.3 Å². The van der Waals surface area contributed by atoms with Crippen molar-refractivity contribution in [2.75, 3.05) is 18.4 Å². The molecule has 8 heteroatoms. The fourth-order valence-electron chi connectivity index (χ4n) is 3.15. The molecule has 1 N–H and O–H groups in total. The second-order valence-electron chi connectivity index (χ2n) is 6.66. The zero-order chi connectivity index (χ0) is 19.4. The quantitative estimate of drug-likeness (QED) is 0.847.